The number of benzene rings is 1. The first-order valence-corrected chi connectivity index (χ1v) is 5.98. The van der Waals surface area contributed by atoms with E-state index in [1.54, 1.807) is 0 Å². The maximum Gasteiger partial charge on any atom is 0.342 e. The lowest BCUT2D eigenvalue weighted by Crippen LogP contribution is -2.07. The quantitative estimate of drug-likeness (QED) is 0.348. The summed E-state index contributed by atoms with van der Waals surface area (Å²) in [7, 11) is 0. The van der Waals surface area contributed by atoms with Crippen LogP contribution in [0.1, 0.15) is 24.8 Å². The highest BCUT2D eigenvalue weighted by atomic mass is 16.5. The highest BCUT2D eigenvalue weighted by molar-refractivity contribution is 5.88. The van der Waals surface area contributed by atoms with Gasteiger partial charge in [-0.1, -0.05) is 36.9 Å². The molecule has 3 heteroatoms. The first-order chi connectivity index (χ1) is 8.77. The number of carbonyl (C=O) groups is 1. The van der Waals surface area contributed by atoms with Gasteiger partial charge in [0, 0.05) is 6.61 Å². The van der Waals surface area contributed by atoms with Crippen LogP contribution >= 0.6 is 0 Å². The molecule has 3 nitrogen and oxygen atoms in total. The second-order valence-corrected chi connectivity index (χ2v) is 3.90. The summed E-state index contributed by atoms with van der Waals surface area (Å²) >= 11 is 0. The van der Waals surface area contributed by atoms with Gasteiger partial charge in [0.1, 0.15) is 6.61 Å². The van der Waals surface area contributed by atoms with E-state index in [1.165, 1.54) is 0 Å². The van der Waals surface area contributed by atoms with Crippen LogP contribution < -0.4 is 0 Å². The summed E-state index contributed by atoms with van der Waals surface area (Å²) in [5.74, 6) is -0.383. The van der Waals surface area contributed by atoms with Crippen LogP contribution in [0.3, 0.4) is 0 Å². The Labute approximate surface area is 107 Å². The zero-order chi connectivity index (χ0) is 13.2. The number of carbonyl (C=O) groups excluding carboxylic acids is 1. The van der Waals surface area contributed by atoms with Crippen molar-refractivity contribution >= 4 is 5.97 Å². The van der Waals surface area contributed by atoms with Gasteiger partial charge in [-0.05, 0) is 24.8 Å². The van der Waals surface area contributed by atoms with Gasteiger partial charge in [0.2, 0.25) is 0 Å². The molecule has 0 aromatic heterocycles. The summed E-state index contributed by atoms with van der Waals surface area (Å²) in [6.07, 6.45) is 1.93. The van der Waals surface area contributed by atoms with Gasteiger partial charge in [-0.25, -0.2) is 4.79 Å². The second-order valence-electron chi connectivity index (χ2n) is 3.90. The largest absolute Gasteiger partial charge is 0.457 e. The van der Waals surface area contributed by atoms with Crippen molar-refractivity contribution in [2.45, 2.75) is 25.9 Å². The third-order valence-electron chi connectivity index (χ3n) is 2.51. The van der Waals surface area contributed by atoms with Gasteiger partial charge in [0.25, 0.3) is 0 Å². The van der Waals surface area contributed by atoms with E-state index in [2.05, 4.69) is 12.3 Å². The molecule has 0 radical (unpaired) electrons. The Balaban J connectivity index is 2.41. The fraction of sp³-hybridized carbons (Fsp3) is 0.333. The summed E-state index contributed by atoms with van der Waals surface area (Å²) in [5, 5.41) is 8.68. The summed E-state index contributed by atoms with van der Waals surface area (Å²) in [5.41, 5.74) is 4.00. The Morgan fingerprint density at radius 3 is 2.61 bits per heavy atom. The lowest BCUT2D eigenvalue weighted by molar-refractivity contribution is -0.140. The lowest BCUT2D eigenvalue weighted by atomic mass is 10.1. The van der Waals surface area contributed by atoms with E-state index in [0.717, 1.165) is 12.0 Å². The van der Waals surface area contributed by atoms with Crippen molar-refractivity contribution in [1.29, 1.82) is 0 Å². The molecule has 0 aliphatic rings. The van der Waals surface area contributed by atoms with E-state index in [-0.39, 0.29) is 19.2 Å². The van der Waals surface area contributed by atoms with Crippen molar-refractivity contribution < 1.29 is 14.6 Å². The standard InChI is InChI=1S/C15H18O3/c1-2-14(10-6-7-11-16)15(17)18-12-13-8-4-3-5-9-13/h3-5,8-9,16H,1,6-7,10-12H2. The van der Waals surface area contributed by atoms with E-state index in [4.69, 9.17) is 9.84 Å². The van der Waals surface area contributed by atoms with Crippen LogP contribution in [0, 0.1) is 0 Å². The topological polar surface area (TPSA) is 46.5 Å². The molecule has 0 saturated heterocycles. The first kappa shape index (κ1) is 14.2. The Bertz CT molecular complexity index is 417. The highest BCUT2D eigenvalue weighted by Crippen LogP contribution is 2.09. The van der Waals surface area contributed by atoms with Crippen molar-refractivity contribution in [3.8, 4) is 0 Å². The molecular weight excluding hydrogens is 228 g/mol. The fourth-order valence-corrected chi connectivity index (χ4v) is 1.49. The van der Waals surface area contributed by atoms with Crippen LogP contribution in [0.25, 0.3) is 0 Å². The molecule has 0 unspecified atom stereocenters. The predicted molar refractivity (Wildman–Crippen MR) is 69.8 cm³/mol. The summed E-state index contributed by atoms with van der Waals surface area (Å²) in [4.78, 5) is 11.7. The number of hydrogen-bond acceptors (Lipinski definition) is 3. The molecule has 0 amide bonds. The van der Waals surface area contributed by atoms with Crippen molar-refractivity contribution in [2.24, 2.45) is 0 Å². The highest BCUT2D eigenvalue weighted by Gasteiger charge is 2.10. The van der Waals surface area contributed by atoms with E-state index in [9.17, 15) is 4.79 Å². The van der Waals surface area contributed by atoms with E-state index >= 15 is 0 Å². The molecule has 1 aromatic rings. The van der Waals surface area contributed by atoms with Gasteiger partial charge < -0.3 is 9.84 Å². The molecule has 0 aliphatic carbocycles. The average Bonchev–Trinajstić information content (AvgIpc) is 2.42. The van der Waals surface area contributed by atoms with Crippen LogP contribution in [0.15, 0.2) is 48.2 Å². The Morgan fingerprint density at radius 2 is 2.00 bits per heavy atom. The Morgan fingerprint density at radius 1 is 1.28 bits per heavy atom. The van der Waals surface area contributed by atoms with Crippen molar-refractivity contribution in [3.05, 3.63) is 53.8 Å². The lowest BCUT2D eigenvalue weighted by Gasteiger charge is -2.06. The molecule has 0 spiro atoms. The number of aliphatic hydroxyl groups excluding tert-OH is 1. The monoisotopic (exact) mass is 246 g/mol. The number of esters is 1. The number of aliphatic hydroxyl groups is 1. The maximum atomic E-state index is 11.7. The number of rotatable bonds is 7. The average molecular weight is 246 g/mol. The first-order valence-electron chi connectivity index (χ1n) is 5.98. The second kappa shape index (κ2) is 8.29. The normalized spacial score (nSPS) is 9.61. The molecule has 0 fully saturated rings. The van der Waals surface area contributed by atoms with Crippen LogP contribution in [0.4, 0.5) is 0 Å². The van der Waals surface area contributed by atoms with Crippen LogP contribution in [0.5, 0.6) is 0 Å². The Hall–Kier alpha value is -1.83. The molecule has 18 heavy (non-hydrogen) atoms. The van der Waals surface area contributed by atoms with Gasteiger partial charge in [0.05, 0.1) is 5.57 Å². The molecular formula is C15H18O3. The number of unbranched alkanes of at least 4 members (excludes halogenated alkanes) is 1. The summed E-state index contributed by atoms with van der Waals surface area (Å²) < 4.78 is 5.17. The molecule has 0 heterocycles. The van der Waals surface area contributed by atoms with Crippen LogP contribution in [0.2, 0.25) is 0 Å². The summed E-state index contributed by atoms with van der Waals surface area (Å²) in [6.45, 7) is 3.87. The minimum Gasteiger partial charge on any atom is -0.457 e. The minimum atomic E-state index is -0.383. The van der Waals surface area contributed by atoms with E-state index < -0.39 is 0 Å². The Kier molecular flexibility index (Phi) is 6.55. The molecule has 96 valence electrons. The van der Waals surface area contributed by atoms with Crippen molar-refractivity contribution in [3.63, 3.8) is 0 Å². The number of ether oxygens (including phenoxy) is 1. The van der Waals surface area contributed by atoms with Gasteiger partial charge in [-0.15, -0.1) is 5.73 Å². The van der Waals surface area contributed by atoms with Gasteiger partial charge in [0.15, 0.2) is 0 Å². The molecule has 0 saturated carbocycles. The maximum absolute atomic E-state index is 11.7. The van der Waals surface area contributed by atoms with Gasteiger partial charge >= 0.3 is 5.97 Å². The van der Waals surface area contributed by atoms with Crippen molar-refractivity contribution in [2.75, 3.05) is 6.61 Å². The van der Waals surface area contributed by atoms with Crippen LogP contribution in [-0.2, 0) is 16.1 Å². The SMILES string of the molecule is C=C=C(CCCCO)C(=O)OCc1ccccc1. The fourth-order valence-electron chi connectivity index (χ4n) is 1.49. The third-order valence-corrected chi connectivity index (χ3v) is 2.51. The zero-order valence-corrected chi connectivity index (χ0v) is 10.4. The molecule has 0 aliphatic heterocycles. The third kappa shape index (κ3) is 5.00. The zero-order valence-electron chi connectivity index (χ0n) is 10.4. The number of hydrogen-bond donors (Lipinski definition) is 1. The minimum absolute atomic E-state index is 0.128. The van der Waals surface area contributed by atoms with Gasteiger partial charge in [-0.2, -0.15) is 0 Å². The predicted octanol–water partition coefficient (Wildman–Crippen LogP) is 2.60. The molecule has 0 atom stereocenters. The smallest absolute Gasteiger partial charge is 0.342 e. The van der Waals surface area contributed by atoms with Crippen LogP contribution in [-0.4, -0.2) is 17.7 Å². The molecule has 1 aromatic carbocycles. The molecule has 0 bridgehead atoms. The van der Waals surface area contributed by atoms with E-state index in [1.807, 2.05) is 30.3 Å². The van der Waals surface area contributed by atoms with Gasteiger partial charge in [-0.3, -0.25) is 0 Å². The summed E-state index contributed by atoms with van der Waals surface area (Å²) in [6, 6.07) is 9.51. The van der Waals surface area contributed by atoms with E-state index in [0.29, 0.717) is 18.4 Å². The molecule has 1 rings (SSSR count). The molecule has 1 N–H and O–H groups in total. The van der Waals surface area contributed by atoms with Crippen molar-refractivity contribution in [1.82, 2.24) is 0 Å².